The molecular formula is C55H62F2N10O5. The van der Waals surface area contributed by atoms with Crippen molar-refractivity contribution in [2.45, 2.75) is 82.8 Å². The molecule has 1 aliphatic carbocycles. The van der Waals surface area contributed by atoms with Crippen molar-refractivity contribution in [2.75, 3.05) is 76.2 Å². The summed E-state index contributed by atoms with van der Waals surface area (Å²) < 4.78 is 35.7. The van der Waals surface area contributed by atoms with Crippen LogP contribution in [0.15, 0.2) is 71.8 Å². The Hall–Kier alpha value is -6.56. The molecule has 72 heavy (non-hydrogen) atoms. The number of piperidine rings is 2. The molecule has 376 valence electrons. The predicted molar refractivity (Wildman–Crippen MR) is 271 cm³/mol. The summed E-state index contributed by atoms with van der Waals surface area (Å²) >= 11 is 0. The second kappa shape index (κ2) is 18.8. The number of likely N-dealkylation sites (tertiary alicyclic amines) is 1. The Morgan fingerprint density at radius 3 is 2.33 bits per heavy atom. The Balaban J connectivity index is 0.668. The minimum absolute atomic E-state index is 0.0214. The second-order valence-electron chi connectivity index (χ2n) is 20.9. The molecule has 6 aliphatic rings. The van der Waals surface area contributed by atoms with E-state index in [1.807, 2.05) is 43.1 Å². The van der Waals surface area contributed by atoms with Crippen LogP contribution >= 0.6 is 0 Å². The fourth-order valence-corrected chi connectivity index (χ4v) is 12.2. The first kappa shape index (κ1) is 47.7. The Labute approximate surface area is 417 Å². The zero-order valence-corrected chi connectivity index (χ0v) is 41.5. The molecule has 2 atom stereocenters. The van der Waals surface area contributed by atoms with Crippen molar-refractivity contribution in [1.29, 1.82) is 0 Å². The van der Waals surface area contributed by atoms with Gasteiger partial charge in [-0.3, -0.25) is 48.6 Å². The van der Waals surface area contributed by atoms with Gasteiger partial charge >= 0.3 is 0 Å². The molecule has 2 N–H and O–H groups in total. The monoisotopic (exact) mass is 980 g/mol. The van der Waals surface area contributed by atoms with E-state index in [-0.39, 0.29) is 48.0 Å². The van der Waals surface area contributed by atoms with Gasteiger partial charge in [-0.1, -0.05) is 6.08 Å². The van der Waals surface area contributed by atoms with Gasteiger partial charge in [0.2, 0.25) is 17.7 Å². The van der Waals surface area contributed by atoms with E-state index in [0.717, 1.165) is 96.9 Å². The van der Waals surface area contributed by atoms with Crippen molar-refractivity contribution in [3.63, 3.8) is 0 Å². The van der Waals surface area contributed by atoms with Gasteiger partial charge in [0.15, 0.2) is 0 Å². The summed E-state index contributed by atoms with van der Waals surface area (Å²) in [6.45, 7) is 11.2. The maximum absolute atomic E-state index is 16.1. The molecule has 4 fully saturated rings. The van der Waals surface area contributed by atoms with Crippen molar-refractivity contribution in [3.05, 3.63) is 123 Å². The quantitative estimate of drug-likeness (QED) is 0.150. The highest BCUT2D eigenvalue weighted by molar-refractivity contribution is 6.15. The van der Waals surface area contributed by atoms with Crippen molar-refractivity contribution in [2.24, 2.45) is 13.0 Å². The zero-order chi connectivity index (χ0) is 50.2. The van der Waals surface area contributed by atoms with Crippen LogP contribution in [0.1, 0.15) is 96.2 Å². The van der Waals surface area contributed by atoms with Crippen molar-refractivity contribution in [1.82, 2.24) is 39.0 Å². The highest BCUT2D eigenvalue weighted by atomic mass is 19.1. The number of fused-ring (bicyclic) bond motifs is 3. The van der Waals surface area contributed by atoms with Crippen LogP contribution in [0.3, 0.4) is 0 Å². The van der Waals surface area contributed by atoms with Crippen LogP contribution in [0.4, 0.5) is 20.2 Å². The van der Waals surface area contributed by atoms with Crippen molar-refractivity contribution >= 4 is 51.6 Å². The summed E-state index contributed by atoms with van der Waals surface area (Å²) in [7, 11) is 3.78. The highest BCUT2D eigenvalue weighted by Crippen LogP contribution is 2.58. The molecule has 0 unspecified atom stereocenters. The third kappa shape index (κ3) is 8.51. The van der Waals surface area contributed by atoms with Gasteiger partial charge in [0.05, 0.1) is 16.8 Å². The molecule has 5 aliphatic heterocycles. The number of halogens is 2. The molecule has 15 nitrogen and oxygen atoms in total. The largest absolute Gasteiger partial charge is 0.388 e. The third-order valence-corrected chi connectivity index (χ3v) is 16.6. The highest BCUT2D eigenvalue weighted by Gasteiger charge is 2.61. The van der Waals surface area contributed by atoms with Crippen LogP contribution in [0.25, 0.3) is 22.3 Å². The van der Waals surface area contributed by atoms with Gasteiger partial charge in [-0.05, 0) is 117 Å². The van der Waals surface area contributed by atoms with Crippen LogP contribution in [0.2, 0.25) is 0 Å². The lowest BCUT2D eigenvalue weighted by Gasteiger charge is -2.39. The molecule has 8 heterocycles. The summed E-state index contributed by atoms with van der Waals surface area (Å²) in [5.74, 6) is -1.50. The third-order valence-electron chi connectivity index (χ3n) is 16.6. The van der Waals surface area contributed by atoms with E-state index in [9.17, 15) is 24.0 Å². The molecular weight excluding hydrogens is 919 g/mol. The first-order valence-electron chi connectivity index (χ1n) is 25.5. The van der Waals surface area contributed by atoms with Crippen LogP contribution in [-0.4, -0.2) is 129 Å². The number of aryl methyl sites for hydroxylation is 2. The molecule has 3 saturated heterocycles. The van der Waals surface area contributed by atoms with E-state index in [1.165, 1.54) is 17.0 Å². The number of rotatable bonds is 11. The number of hydrogen-bond acceptors (Lipinski definition) is 10. The fourth-order valence-electron chi connectivity index (χ4n) is 12.2. The number of aromatic nitrogens is 3. The van der Waals surface area contributed by atoms with E-state index in [4.69, 9.17) is 0 Å². The number of carbonyl (C=O) groups excluding carboxylic acids is 4. The topological polar surface area (TPSA) is 148 Å². The number of amides is 4. The predicted octanol–water partition coefficient (Wildman–Crippen LogP) is 6.06. The van der Waals surface area contributed by atoms with Gasteiger partial charge in [0.1, 0.15) is 23.3 Å². The second-order valence-corrected chi connectivity index (χ2v) is 20.9. The maximum atomic E-state index is 16.1. The number of piperazine rings is 1. The van der Waals surface area contributed by atoms with Crippen molar-refractivity contribution < 1.29 is 28.0 Å². The Bertz CT molecular complexity index is 3100. The number of imide groups is 1. The first-order valence-corrected chi connectivity index (χ1v) is 25.5. The average Bonchev–Trinajstić information content (AvgIpc) is 4.07. The summed E-state index contributed by atoms with van der Waals surface area (Å²) in [5.41, 5.74) is 6.99. The average molecular weight is 981 g/mol. The van der Waals surface area contributed by atoms with Gasteiger partial charge in [-0.15, -0.1) is 0 Å². The van der Waals surface area contributed by atoms with Gasteiger partial charge < -0.3 is 19.7 Å². The van der Waals surface area contributed by atoms with Gasteiger partial charge in [-0.25, -0.2) is 13.8 Å². The maximum Gasteiger partial charge on any atom is 0.257 e. The van der Waals surface area contributed by atoms with Gasteiger partial charge in [-0.2, -0.15) is 0 Å². The smallest absolute Gasteiger partial charge is 0.257 e. The number of benzene rings is 2. The van der Waals surface area contributed by atoms with Gasteiger partial charge in [0.25, 0.3) is 11.5 Å². The summed E-state index contributed by atoms with van der Waals surface area (Å²) in [6, 6.07) is 13.2. The van der Waals surface area contributed by atoms with Crippen LogP contribution < -0.4 is 21.1 Å². The lowest BCUT2D eigenvalue weighted by atomic mass is 9.92. The summed E-state index contributed by atoms with van der Waals surface area (Å²) in [6.07, 6.45) is 9.71. The molecule has 0 radical (unpaired) electrons. The van der Waals surface area contributed by atoms with E-state index in [0.29, 0.717) is 73.7 Å². The van der Waals surface area contributed by atoms with Crippen LogP contribution in [-0.2, 0) is 33.4 Å². The molecule has 5 aromatic rings. The molecule has 4 amide bonds. The normalized spacial score (nSPS) is 21.3. The van der Waals surface area contributed by atoms with Crippen LogP contribution in [0, 0.1) is 24.5 Å². The molecule has 1 spiro atoms. The first-order chi connectivity index (χ1) is 34.7. The molecule has 3 aromatic heterocycles. The lowest BCUT2D eigenvalue weighted by Crippen LogP contribution is -2.54. The van der Waals surface area contributed by atoms with E-state index in [1.54, 1.807) is 30.1 Å². The Morgan fingerprint density at radius 2 is 1.65 bits per heavy atom. The SMILES string of the molecule is CNc1ccn(-c2ccnc3c2cc([C@H](C)N2CC=C(c4c(C)cc(C(=O)N5CCC(CN6CCN(Cc7cc8c(cc7F)N([C@H]7CCC(=O)NC7=O)C(=O)C87CC7)CC6)CC5)cc4F)CC2)n3C)c(=O)c1. The van der Waals surface area contributed by atoms with E-state index in [2.05, 4.69) is 54.0 Å². The minimum atomic E-state index is -0.815. The van der Waals surface area contributed by atoms with Crippen molar-refractivity contribution in [3.8, 4) is 5.69 Å². The molecule has 1 saturated carbocycles. The number of carbonyl (C=O) groups is 4. The molecule has 2 aromatic carbocycles. The standard InChI is InChI=1S/C55H62F2N10O5/c1-33-25-37(27-43(57)50(33)36-10-18-64(19-11-36)34(2)46-29-40-44(7-15-59-51(40)61(46)4)66-20-12-39(58-3)28-49(66)69)53(71)65-16-8-35(9-17-65)31-62-21-23-63(24-22-62)32-38-26-41-47(30-42(38)56)67(54(72)55(41)13-14-55)45-5-6-48(68)60-52(45)70/h7,10,12,15,20,25-30,34-35,45,58H,5-6,8-9,11,13-14,16-19,21-24,31-32H2,1-4H3,(H,60,68,70)/t34-,45-/m0/s1. The zero-order valence-electron chi connectivity index (χ0n) is 41.5. The Kier molecular flexibility index (Phi) is 12.5. The van der Waals surface area contributed by atoms with E-state index >= 15 is 8.78 Å². The van der Waals surface area contributed by atoms with Gasteiger partial charge in [0, 0.05) is 144 Å². The van der Waals surface area contributed by atoms with Crippen LogP contribution in [0.5, 0.6) is 0 Å². The lowest BCUT2D eigenvalue weighted by molar-refractivity contribution is -0.135. The number of anilines is 2. The Morgan fingerprint density at radius 1 is 0.889 bits per heavy atom. The number of hydrogen-bond donors (Lipinski definition) is 2. The van der Waals surface area contributed by atoms with E-state index < -0.39 is 23.2 Å². The number of nitrogens with zero attached hydrogens (tertiary/aromatic N) is 8. The minimum Gasteiger partial charge on any atom is -0.388 e. The molecule has 0 bridgehead atoms. The summed E-state index contributed by atoms with van der Waals surface area (Å²) in [4.78, 5) is 80.2. The molecule has 11 rings (SSSR count). The molecule has 17 heteroatoms. The summed E-state index contributed by atoms with van der Waals surface area (Å²) in [5, 5.41) is 6.25. The fraction of sp³-hybridized carbons (Fsp3) is 0.455. The number of pyridine rings is 2. The number of nitrogens with one attached hydrogen (secondary N) is 2.